The Morgan fingerprint density at radius 2 is 0.155 bits per heavy atom. The number of rotatable bonds is 0. The largest absolute Gasteiger partial charge is 0.344 e. The van der Waals surface area contributed by atoms with Crippen LogP contribution in [0.2, 0.25) is 31.1 Å². The van der Waals surface area contributed by atoms with Gasteiger partial charge in [-0.15, -0.1) is 0 Å². The van der Waals surface area contributed by atoms with E-state index in [0.29, 0.717) is 0 Å². The zero-order valence-electron chi connectivity index (χ0n) is 98.5. The van der Waals surface area contributed by atoms with Crippen LogP contribution < -0.4 is 135 Å². The van der Waals surface area contributed by atoms with Crippen molar-refractivity contribution in [2.75, 3.05) is 0 Å². The van der Waals surface area contributed by atoms with Crippen LogP contribution >= 0.6 is 0 Å². The van der Waals surface area contributed by atoms with Gasteiger partial charge in [-0.1, -0.05) is 0 Å². The highest BCUT2D eigenvalue weighted by Crippen LogP contribution is 3.98. The molecule has 142 heavy (non-hydrogen) atoms. The maximum Gasteiger partial charge on any atom is 0.115 e. The number of hydrogen-bond acceptors (Lipinski definition) is 22. The van der Waals surface area contributed by atoms with Gasteiger partial charge in [0.05, 0.1) is 0 Å². The molecule has 0 aliphatic heterocycles. The van der Waals surface area contributed by atoms with Crippen molar-refractivity contribution in [2.24, 2.45) is 452 Å². The molecule has 0 aromatic rings. The first-order chi connectivity index (χ1) is 81.8. The van der Waals surface area contributed by atoms with Crippen LogP contribution in [0.25, 0.3) is 0 Å². The van der Waals surface area contributed by atoms with Crippen LogP contribution in [0.1, 0.15) is 25.7 Å². The molecule has 702 valence electrons. The van der Waals surface area contributed by atoms with Gasteiger partial charge in [0.25, 0.3) is 0 Å². The van der Waals surface area contributed by atoms with Gasteiger partial charge in [-0.3, -0.25) is 0 Å². The fraction of sp³-hybridized carbons (Fsp3) is 1.00. The normalized spacial score (nSPS) is 136. The summed E-state index contributed by atoms with van der Waals surface area (Å²) in [7, 11) is 0. The highest BCUT2D eigenvalue weighted by atomic mass is 15.9. The smallest absolute Gasteiger partial charge is 0.115 e. The van der Waals surface area contributed by atoms with E-state index in [2.05, 4.69) is 135 Å². The molecular weight excluding hydrogens is 1750 g/mol. The van der Waals surface area contributed by atoms with Crippen LogP contribution in [0, 0.1) is 647 Å². The minimum atomic E-state index is 1.12. The molecule has 0 amide bonds. The third-order valence-corrected chi connectivity index (χ3v) is 115. The predicted molar refractivity (Wildman–Crippen MR) is 481 cm³/mol. The van der Waals surface area contributed by atoms with Crippen LogP contribution in [0.3, 0.4) is 0 Å². The van der Waals surface area contributed by atoms with E-state index in [4.69, 9.17) is 31.1 Å². The van der Waals surface area contributed by atoms with E-state index >= 15 is 0 Å². The molecule has 98 aliphatic rings. The Morgan fingerprint density at radius 3 is 0.254 bits per heavy atom. The van der Waals surface area contributed by atoms with Gasteiger partial charge in [0.1, 0.15) is 31.1 Å². The monoisotopic (exact) mass is 1880 g/mol. The zero-order chi connectivity index (χ0) is 108. The summed E-state index contributed by atoms with van der Waals surface area (Å²) in [6, 6.07) is 0. The summed E-state index contributed by atoms with van der Waals surface area (Å²) in [5.74, 6) is 55.8. The molecule has 98 aliphatic carbocycles. The summed E-state index contributed by atoms with van der Waals surface area (Å²) in [4.78, 5) is 0. The molecule has 108 unspecified atom stereocenters. The standard InChI is InChI=1S/C120H46.22H3N/c1-5-13-21-22-14-6-2-10-18-26-31-35-39-42-40-36-32-28-20-12-4-8-16-24-23-15-7-3-11-19-27-30-34-38-41-37-33-29-25-17-9(1)43(5)47(13)55(21)56(22)48(14)44(6,10)52(18)60(26)64(31)69(35)73(39)76(42)74(40)70(36)66(32)62(28)54(20)46(8,12)50(16)58(24)57(23)49(15)45(7,11)53(19)61(27)65(30)68(34)72(38)75(41)71(37)67(33)63(29)59(25)51(17,43)77(47)81(55)82(56)78(48,52)86(60)90(64)94(69)99(73)102(76)100(74)96(70)92(66)88(62)80(50,54)84(58)83(57)79(49,53)87(61)91(65)95(68)98(72)101(75)97(71)93(67)89(63)85(59,77)103(81)104(82,86)108(90)107(89,103)111(93)112(94,108)116(99)115(97,111)119(101)117(98)113(95)109(91)105(83,87)106(84,88)110(92,109)114(96,113)118(100,117)120(102,116)119;;;;;;;;;;;;;;;;;;;;;;/h5-42H,1-4H2;22*1H3/i/hD22. The van der Waals surface area contributed by atoms with E-state index in [1.54, 1.807) is 0 Å². The molecule has 22 heteroatoms. The Morgan fingerprint density at radius 1 is 0.0845 bits per heavy atom. The number of fused-ring (bicyclic) bond motifs is 34. The molecule has 108 atom stereocenters. The number of hydrogen-bond donors (Lipinski definition) is 22. The van der Waals surface area contributed by atoms with Crippen molar-refractivity contribution in [1.82, 2.24) is 135 Å². The van der Waals surface area contributed by atoms with Crippen molar-refractivity contribution < 1.29 is 31.1 Å². The van der Waals surface area contributed by atoms with E-state index in [9.17, 15) is 0 Å². The zero-order valence-corrected chi connectivity index (χ0v) is 76.5. The molecule has 78 spiro atoms. The fourth-order valence-corrected chi connectivity index (χ4v) is 155. The van der Waals surface area contributed by atoms with Crippen LogP contribution in [-0.4, -0.2) is 0 Å². The fourth-order valence-electron chi connectivity index (χ4n) is 155. The Kier molecular flexibility index (Phi) is 2.73. The molecule has 0 bridgehead atoms. The SMILES string of the molecule is C1C2C3C4C5C6C7CC8C9C%10C%11C%12C%13C%14C%15C%16C%17C%18C%19C%20CC%21C%22C%23C%24C%25C%26CC%27C%28C%29C%30C%31C%32C%33C%34C%35C%36C%37C%38C1C21C32C43C54C65C78C96C%107C%118C%129C%13%10C%14%11C%15%12C%16%13C%17%14C%18%15C%19%16C%21%20C%22%17C%23%18C%24%19C%25%20C%26%27C%28%21C%29%22C%30%23C%31%24C%32%25C%33%26C%34%27C%35%28C%36%29C%37%30C%381C21C32C43C56C74C85C96C%107C%118C%129C%13%10C%14%11C%15%12C%17%16C%18%13C%19%14C%20%21C%22%15C%23%16C%24%17C%25%18C%26%19C%27%20C%28%21C%29%22C%301C21C34C52C%221C%211C62C72C%201C%191C%183C%174C%165C%14%15C%13%12C%115C%104C93C821.[2H]N.[2H]N.[2H]N.[2H]N.[2H]N.[2H]N.[2H]N.[2H]N.[2H]N.[2H]N.[2H]N.[2H]N.[2H]N.[2H]N.[2H]N.[2H]N.[2H]N.[2H]N.[2H]N.[2H]N.[2H]N.[2H]N. The van der Waals surface area contributed by atoms with Gasteiger partial charge >= 0.3 is 0 Å². The summed E-state index contributed by atoms with van der Waals surface area (Å²) >= 11 is 0. The predicted octanol–water partition coefficient (Wildman–Crippen LogP) is 12.7. The van der Waals surface area contributed by atoms with Crippen LogP contribution in [0.4, 0.5) is 0 Å². The Bertz CT molecular complexity index is 9800. The van der Waals surface area contributed by atoms with Gasteiger partial charge in [0, 0.05) is 0 Å². The Balaban J connectivity index is 0.000000157. The van der Waals surface area contributed by atoms with Crippen LogP contribution in [-0.2, 0) is 0 Å². The third kappa shape index (κ3) is 1.02. The Labute approximate surface area is 835 Å². The van der Waals surface area contributed by atoms with E-state index in [0.717, 1.165) is 206 Å². The van der Waals surface area contributed by atoms with Gasteiger partial charge in [-0.05, 0) is 673 Å². The molecule has 22 nitrogen and oxygen atoms in total. The lowest BCUT2D eigenvalue weighted by molar-refractivity contribution is -1.14. The lowest BCUT2D eigenvalue weighted by Gasteiger charge is -3.84. The minimum absolute atomic E-state index is 1.12. The van der Waals surface area contributed by atoms with Crippen LogP contribution in [0.5, 0.6) is 0 Å². The van der Waals surface area contributed by atoms with Crippen molar-refractivity contribution in [3.63, 3.8) is 0 Å². The van der Waals surface area contributed by atoms with Gasteiger partial charge in [0.15, 0.2) is 0 Å². The van der Waals surface area contributed by atoms with Gasteiger partial charge in [-0.2, -0.15) is 0 Å². The van der Waals surface area contributed by atoms with E-state index in [1.807, 2.05) is 25.7 Å². The molecule has 0 heterocycles. The molecule has 98 saturated carbocycles. The summed E-state index contributed by atoms with van der Waals surface area (Å²) in [6.45, 7) is 0. The van der Waals surface area contributed by atoms with E-state index < -0.39 is 0 Å². The van der Waals surface area contributed by atoms with E-state index in [1.165, 1.54) is 441 Å². The summed E-state index contributed by atoms with van der Waals surface area (Å²) in [5, 5.41) is 0. The second-order valence-corrected chi connectivity index (χ2v) is 82.3. The molecular formula is C120H112N22. The molecule has 0 aromatic carbocycles. The highest BCUT2D eigenvalue weighted by molar-refractivity contribution is 6.98. The first-order valence-electron chi connectivity index (χ1n) is 72.5. The van der Waals surface area contributed by atoms with E-state index in [-0.39, 0.29) is 0 Å². The summed E-state index contributed by atoms with van der Waals surface area (Å²) in [6.07, 6.45) is 90.3. The summed E-state index contributed by atoms with van der Waals surface area (Å²) in [5.41, 5.74) is 90.6. The molecule has 98 rings (SSSR count). The Hall–Kier alpha value is -0.880. The third-order valence-electron chi connectivity index (χ3n) is 115. The van der Waals surface area contributed by atoms with Crippen molar-refractivity contribution in [3.05, 3.63) is 195 Å². The van der Waals surface area contributed by atoms with Gasteiger partial charge in [0.2, 0.25) is 0 Å². The average molecular weight is 1880 g/mol. The first-order valence-corrected chi connectivity index (χ1v) is 59.8. The maximum atomic E-state index is 5.25. The second-order valence-electron chi connectivity index (χ2n) is 82.3. The summed E-state index contributed by atoms with van der Waals surface area (Å²) < 4.78 is 116. The molecule has 0 saturated heterocycles. The average Bonchev–Trinajstić information content (AvgIpc) is 0.388. The molecule has 66 N–H and O–H groups in total. The highest BCUT2D eigenvalue weighted by Gasteiger charge is 3.93. The van der Waals surface area contributed by atoms with Crippen molar-refractivity contribution in [1.29, 1.82) is 0 Å². The van der Waals surface area contributed by atoms with Crippen molar-refractivity contribution in [3.8, 4) is 0 Å². The minimum Gasteiger partial charge on any atom is -0.344 e. The molecule has 0 aromatic heterocycles. The first kappa shape index (κ1) is 48.9. The quantitative estimate of drug-likeness (QED) is 0.107. The second kappa shape index (κ2) is 7.92. The van der Waals surface area contributed by atoms with Crippen molar-refractivity contribution >= 4 is 0 Å². The van der Waals surface area contributed by atoms with Gasteiger partial charge < -0.3 is 135 Å². The lowest BCUT2D eigenvalue weighted by atomic mass is 8.17. The lowest BCUT2D eigenvalue weighted by Crippen LogP contribution is -3.79. The molecule has 0 radical (unpaired) electrons. The van der Waals surface area contributed by atoms with Crippen molar-refractivity contribution in [2.45, 2.75) is 25.7 Å². The molecule has 98 fully saturated rings. The maximum absolute atomic E-state index is 5.25. The van der Waals surface area contributed by atoms with Gasteiger partial charge in [-0.25, -0.2) is 0 Å². The topological polar surface area (TPSA) is 770 Å². The van der Waals surface area contributed by atoms with Crippen LogP contribution in [0.15, 0.2) is 0 Å².